The maximum absolute atomic E-state index is 11.8. The quantitative estimate of drug-likeness (QED) is 0.197. The number of aromatic nitrogens is 4. The second-order valence-corrected chi connectivity index (χ2v) is 9.60. The van der Waals surface area contributed by atoms with Gasteiger partial charge >= 0.3 is 12.1 Å². The van der Waals surface area contributed by atoms with Gasteiger partial charge in [-0.15, -0.1) is 0 Å². The molecule has 6 heterocycles. The molecule has 11 heteroatoms. The van der Waals surface area contributed by atoms with Crippen molar-refractivity contribution in [3.05, 3.63) is 79.7 Å². The van der Waals surface area contributed by atoms with Gasteiger partial charge in [-0.2, -0.15) is 0 Å². The molecule has 0 aromatic carbocycles. The summed E-state index contributed by atoms with van der Waals surface area (Å²) in [6, 6.07) is 7.14. The summed E-state index contributed by atoms with van der Waals surface area (Å²) in [5.74, 6) is -0.987. The number of nitrogens with zero attached hydrogens (tertiary/aromatic N) is 2. The monoisotopic (exact) mass is 527 g/mol. The molecule has 0 radical (unpaired) electrons. The summed E-state index contributed by atoms with van der Waals surface area (Å²) in [4.78, 5) is 37.2. The van der Waals surface area contributed by atoms with E-state index in [2.05, 4.69) is 25.3 Å². The number of H-pyrrole nitrogens is 2. The molecule has 4 N–H and O–H groups in total. The number of aromatic amines is 2. The van der Waals surface area contributed by atoms with Crippen molar-refractivity contribution in [1.29, 1.82) is 0 Å². The van der Waals surface area contributed by atoms with Gasteiger partial charge in [-0.3, -0.25) is 5.32 Å². The Morgan fingerprint density at radius 3 is 1.97 bits per heavy atom. The van der Waals surface area contributed by atoms with Crippen LogP contribution in [0.4, 0.5) is 10.5 Å². The number of aromatic carboxylic acids is 1. The predicted octanol–water partition coefficient (Wildman–Crippen LogP) is 6.69. The predicted molar refractivity (Wildman–Crippen MR) is 144 cm³/mol. The van der Waals surface area contributed by atoms with E-state index in [1.807, 2.05) is 45.2 Å². The number of pyridine rings is 2. The summed E-state index contributed by atoms with van der Waals surface area (Å²) < 4.78 is 15.4. The van der Waals surface area contributed by atoms with E-state index in [-0.39, 0.29) is 5.56 Å². The highest BCUT2D eigenvalue weighted by molar-refractivity contribution is 5.99. The molecule has 0 aliphatic carbocycles. The average Bonchev–Trinajstić information content (AvgIpc) is 3.69. The molecule has 6 aromatic rings. The molecule has 0 aliphatic rings. The van der Waals surface area contributed by atoms with Crippen molar-refractivity contribution in [1.82, 2.24) is 19.9 Å². The topological polar surface area (TPSA) is 159 Å². The van der Waals surface area contributed by atoms with E-state index in [1.54, 1.807) is 43.5 Å². The number of carbonyl (C=O) groups excluding carboxylic acids is 1. The fraction of sp³-hybridized carbons (Fsp3) is 0.143. The van der Waals surface area contributed by atoms with Crippen LogP contribution in [0.1, 0.15) is 31.1 Å². The van der Waals surface area contributed by atoms with Crippen LogP contribution in [-0.2, 0) is 4.74 Å². The lowest BCUT2D eigenvalue weighted by Crippen LogP contribution is -2.27. The number of rotatable bonds is 4. The van der Waals surface area contributed by atoms with Gasteiger partial charge in [0, 0.05) is 51.6 Å². The lowest BCUT2D eigenvalue weighted by Gasteiger charge is -2.19. The number of carboxylic acids is 1. The number of carboxylic acid groups (broad SMARTS) is 1. The Hall–Kier alpha value is -5.32. The van der Waals surface area contributed by atoms with E-state index < -0.39 is 17.7 Å². The second-order valence-electron chi connectivity index (χ2n) is 9.60. The van der Waals surface area contributed by atoms with Gasteiger partial charge < -0.3 is 28.6 Å². The lowest BCUT2D eigenvalue weighted by molar-refractivity contribution is 0.0634. The van der Waals surface area contributed by atoms with Crippen LogP contribution in [0, 0.1) is 0 Å². The number of ether oxygens (including phenoxy) is 1. The number of hydrogen-bond acceptors (Lipinski definition) is 7. The zero-order valence-corrected chi connectivity index (χ0v) is 21.3. The molecule has 6 rings (SSSR count). The second kappa shape index (κ2) is 10.2. The molecule has 198 valence electrons. The number of anilines is 1. The highest BCUT2D eigenvalue weighted by Crippen LogP contribution is 2.30. The lowest BCUT2D eigenvalue weighted by atomic mass is 10.1. The Kier molecular flexibility index (Phi) is 6.63. The number of amides is 1. The molecular formula is C28H25N5O6. The van der Waals surface area contributed by atoms with E-state index in [0.717, 1.165) is 38.7 Å². The van der Waals surface area contributed by atoms with Gasteiger partial charge in [0.15, 0.2) is 0 Å². The summed E-state index contributed by atoms with van der Waals surface area (Å²) in [6.45, 7) is 5.45. The molecule has 0 fully saturated rings. The van der Waals surface area contributed by atoms with Gasteiger partial charge in [0.1, 0.15) is 16.9 Å². The van der Waals surface area contributed by atoms with Crippen molar-refractivity contribution >= 4 is 39.8 Å². The molecule has 11 nitrogen and oxygen atoms in total. The average molecular weight is 528 g/mol. The van der Waals surface area contributed by atoms with Crippen LogP contribution >= 0.6 is 0 Å². The number of carbonyl (C=O) groups is 2. The Morgan fingerprint density at radius 1 is 0.897 bits per heavy atom. The fourth-order valence-electron chi connectivity index (χ4n) is 3.93. The third-order valence-electron chi connectivity index (χ3n) is 5.62. The van der Waals surface area contributed by atoms with Crippen LogP contribution in [-0.4, -0.2) is 42.7 Å². The molecule has 39 heavy (non-hydrogen) atoms. The summed E-state index contributed by atoms with van der Waals surface area (Å²) in [7, 11) is 0. The summed E-state index contributed by atoms with van der Waals surface area (Å²) in [6.07, 6.45) is 12.5. The number of fused-ring (bicyclic) bond motifs is 2. The summed E-state index contributed by atoms with van der Waals surface area (Å²) >= 11 is 0. The van der Waals surface area contributed by atoms with Gasteiger partial charge in [0.25, 0.3) is 0 Å². The minimum atomic E-state index is -0.987. The Morgan fingerprint density at radius 2 is 1.46 bits per heavy atom. The molecule has 0 aliphatic heterocycles. The maximum atomic E-state index is 11.8. The summed E-state index contributed by atoms with van der Waals surface area (Å²) in [5.41, 5.74) is 5.28. The van der Waals surface area contributed by atoms with Gasteiger partial charge in [0.05, 0.1) is 42.5 Å². The van der Waals surface area contributed by atoms with E-state index >= 15 is 0 Å². The normalized spacial score (nSPS) is 11.3. The highest BCUT2D eigenvalue weighted by Gasteiger charge is 2.17. The van der Waals surface area contributed by atoms with Crippen LogP contribution in [0.2, 0.25) is 0 Å². The van der Waals surface area contributed by atoms with Gasteiger partial charge in [-0.1, -0.05) is 0 Å². The molecule has 1 amide bonds. The van der Waals surface area contributed by atoms with E-state index in [4.69, 9.17) is 18.7 Å². The third kappa shape index (κ3) is 5.67. The van der Waals surface area contributed by atoms with Crippen LogP contribution in [0.15, 0.2) is 82.9 Å². The Bertz CT molecular complexity index is 1740. The molecule has 0 spiro atoms. The molecule has 0 bridgehead atoms. The zero-order valence-electron chi connectivity index (χ0n) is 21.3. The minimum absolute atomic E-state index is 0.168. The van der Waals surface area contributed by atoms with Crippen molar-refractivity contribution in [2.24, 2.45) is 0 Å². The Balaban J connectivity index is 0.000000163. The van der Waals surface area contributed by atoms with Crippen LogP contribution < -0.4 is 5.32 Å². The van der Waals surface area contributed by atoms with Crippen LogP contribution in [0.3, 0.4) is 0 Å². The molecular weight excluding hydrogens is 502 g/mol. The smallest absolute Gasteiger partial charge is 0.412 e. The van der Waals surface area contributed by atoms with Crippen LogP contribution in [0.25, 0.3) is 44.3 Å². The molecule has 0 saturated carbocycles. The van der Waals surface area contributed by atoms with Crippen molar-refractivity contribution < 1.29 is 28.3 Å². The molecule has 0 unspecified atom stereocenters. The van der Waals surface area contributed by atoms with Crippen LogP contribution in [0.5, 0.6) is 0 Å². The van der Waals surface area contributed by atoms with Crippen molar-refractivity contribution in [2.45, 2.75) is 26.4 Å². The van der Waals surface area contributed by atoms with Crippen molar-refractivity contribution in [3.63, 3.8) is 0 Å². The zero-order chi connectivity index (χ0) is 27.6. The van der Waals surface area contributed by atoms with E-state index in [9.17, 15) is 9.59 Å². The molecule has 6 aromatic heterocycles. The standard InChI is InChI=1S/C16H17N3O3.C12H8N2O3/c1-16(2,3)22-15(20)19-11-6-12-13(10-4-5-21-9-10)8-18-14(12)17-7-11;15-12(16)8-3-9-10(7-1-2-17-6-7)5-14-11(9)13-4-8/h4-9H,1-3H3,(H,17,18)(H,19,20);1-6H,(H,13,14)(H,15,16). The van der Waals surface area contributed by atoms with Gasteiger partial charge in [0.2, 0.25) is 0 Å². The first-order chi connectivity index (χ1) is 18.7. The first-order valence-electron chi connectivity index (χ1n) is 11.9. The van der Waals surface area contributed by atoms with Gasteiger partial charge in [-0.05, 0) is 45.0 Å². The molecule has 0 atom stereocenters. The largest absolute Gasteiger partial charge is 0.478 e. The number of nitrogens with one attached hydrogen (secondary N) is 3. The fourth-order valence-corrected chi connectivity index (χ4v) is 3.93. The maximum Gasteiger partial charge on any atom is 0.412 e. The number of hydrogen-bond donors (Lipinski definition) is 4. The SMILES string of the molecule is CC(C)(C)OC(=O)Nc1cnc2[nH]cc(-c3ccoc3)c2c1.O=C(O)c1cnc2[nH]cc(-c3ccoc3)c2c1. The number of furan rings is 2. The highest BCUT2D eigenvalue weighted by atomic mass is 16.6. The first-order valence-corrected chi connectivity index (χ1v) is 11.9. The third-order valence-corrected chi connectivity index (χ3v) is 5.62. The Labute approximate surface area is 221 Å². The van der Waals surface area contributed by atoms with Crippen molar-refractivity contribution in [3.8, 4) is 22.3 Å². The van der Waals surface area contributed by atoms with Gasteiger partial charge in [-0.25, -0.2) is 19.6 Å². The van der Waals surface area contributed by atoms with E-state index in [1.165, 1.54) is 6.20 Å². The first kappa shape index (κ1) is 25.3. The minimum Gasteiger partial charge on any atom is -0.478 e. The molecule has 0 saturated heterocycles. The summed E-state index contributed by atoms with van der Waals surface area (Å²) in [5, 5.41) is 13.3. The van der Waals surface area contributed by atoms with Crippen molar-refractivity contribution in [2.75, 3.05) is 5.32 Å². The van der Waals surface area contributed by atoms with E-state index in [0.29, 0.717) is 11.3 Å².